The molecule has 8 aromatic rings. The van der Waals surface area contributed by atoms with E-state index < -0.39 is 31.9 Å². The number of fused-ring (bicyclic) bond motifs is 4. The van der Waals surface area contributed by atoms with Gasteiger partial charge in [0.05, 0.1) is 0 Å². The second kappa shape index (κ2) is 16.9. The van der Waals surface area contributed by atoms with Crippen molar-refractivity contribution in [2.45, 2.75) is 90.8 Å². The standard InChI is InChI=1S/C34H35GeN2O.C17H20N.Ir/c1-21(2)24-12-10-13-25(22(3)4)32(24)37-30-17-9-8-16-29(30)36-34(37)28-15-11-14-27-26-19-18-23(35(5,6)7)20-31(26)38-33(27)28;1-13-12-18-16(14-8-6-5-7-9-14)10-15(13)11-17(2,3)4;/h8-14,16-22H,1-7H3;5-8,10,12H,11H2,1-4H3;/q2*-1;/i;1D3,11D2;. The fraction of sp³-hybridized carbons (Fsp3) is 0.294. The maximum Gasteiger partial charge on any atom is 0.0321 e. The van der Waals surface area contributed by atoms with Gasteiger partial charge in [-0.05, 0) is 29.9 Å². The Hall–Kier alpha value is -4.29. The van der Waals surface area contributed by atoms with Gasteiger partial charge in [-0.25, -0.2) is 0 Å². The van der Waals surface area contributed by atoms with Crippen molar-refractivity contribution in [1.29, 1.82) is 0 Å². The summed E-state index contributed by atoms with van der Waals surface area (Å²) in [6.45, 7) is 11.9. The minimum Gasteiger partial charge on any atom is -0.304 e. The fourth-order valence-electron chi connectivity index (χ4n) is 7.23. The molecule has 0 aliphatic heterocycles. The van der Waals surface area contributed by atoms with Crippen LogP contribution in [0.15, 0.2) is 114 Å². The number of pyridine rings is 1. The molecule has 0 saturated carbocycles. The van der Waals surface area contributed by atoms with Crippen molar-refractivity contribution in [1.82, 2.24) is 14.5 Å². The quantitative estimate of drug-likeness (QED) is 0.118. The number of benzene rings is 5. The van der Waals surface area contributed by atoms with Gasteiger partial charge in [0, 0.05) is 33.2 Å². The van der Waals surface area contributed by atoms with E-state index in [0.29, 0.717) is 23.1 Å². The van der Waals surface area contributed by atoms with Crippen molar-refractivity contribution in [2.75, 3.05) is 0 Å². The predicted octanol–water partition coefficient (Wildman–Crippen LogP) is 13.6. The Bertz CT molecular complexity index is 2840. The normalized spacial score (nSPS) is 13.8. The summed E-state index contributed by atoms with van der Waals surface area (Å²) in [6, 6.07) is 41.4. The maximum absolute atomic E-state index is 8.48. The number of hydrogen-bond acceptors (Lipinski definition) is 3. The topological polar surface area (TPSA) is 43.9 Å². The summed E-state index contributed by atoms with van der Waals surface area (Å²) in [4.78, 5) is 9.43. The molecule has 0 amide bonds. The first-order chi connectivity index (χ1) is 28.6. The van der Waals surface area contributed by atoms with Crippen molar-refractivity contribution in [3.63, 3.8) is 0 Å². The van der Waals surface area contributed by atoms with Gasteiger partial charge in [-0.3, -0.25) is 0 Å². The van der Waals surface area contributed by atoms with Gasteiger partial charge in [0.25, 0.3) is 0 Å². The van der Waals surface area contributed by atoms with Crippen LogP contribution in [0.4, 0.5) is 0 Å². The molecule has 0 bridgehead atoms. The number of aromatic nitrogens is 3. The molecule has 0 aliphatic rings. The van der Waals surface area contributed by atoms with Crippen LogP contribution in [0.25, 0.3) is 61.3 Å². The number of imidazole rings is 1. The van der Waals surface area contributed by atoms with Crippen LogP contribution in [0.3, 0.4) is 0 Å². The Kier molecular flexibility index (Phi) is 10.6. The molecule has 295 valence electrons. The van der Waals surface area contributed by atoms with E-state index >= 15 is 0 Å². The molecule has 3 aromatic heterocycles. The van der Waals surface area contributed by atoms with E-state index in [1.54, 1.807) is 32.9 Å². The van der Waals surface area contributed by atoms with E-state index in [9.17, 15) is 0 Å². The van der Waals surface area contributed by atoms with Gasteiger partial charge in [0.15, 0.2) is 0 Å². The SMILES string of the molecule is CC(C)c1cccc(C(C)C)c1-n1c(-c2[c-]ccc3c2oc2c[c]([Ge]([CH3])([CH3])[CH3])ccc23)nc2ccccc21.[2H]C([2H])([2H])c1cnc(-c2[c-]cccc2)cc1C([2H])([2H])C(C)(C)C.[Ir]. The van der Waals surface area contributed by atoms with Gasteiger partial charge in [-0.2, -0.15) is 0 Å². The average molecular weight is 996 g/mol. The van der Waals surface area contributed by atoms with Crippen LogP contribution in [0.5, 0.6) is 0 Å². The first-order valence-corrected chi connectivity index (χ1v) is 26.9. The van der Waals surface area contributed by atoms with Crippen molar-refractivity contribution < 1.29 is 31.4 Å². The van der Waals surface area contributed by atoms with E-state index in [1.807, 2.05) is 24.3 Å². The van der Waals surface area contributed by atoms with Crippen molar-refractivity contribution in [2.24, 2.45) is 5.41 Å². The van der Waals surface area contributed by atoms with Gasteiger partial charge in [0.1, 0.15) is 0 Å². The zero-order valence-electron chi connectivity index (χ0n) is 39.6. The van der Waals surface area contributed by atoms with Crippen LogP contribution in [0.2, 0.25) is 17.3 Å². The van der Waals surface area contributed by atoms with Crippen LogP contribution in [0.1, 0.15) is 89.4 Å². The van der Waals surface area contributed by atoms with E-state index in [1.165, 1.54) is 27.4 Å². The maximum atomic E-state index is 8.48. The molecular formula is C51H55GeIrN3O-2. The van der Waals surface area contributed by atoms with Gasteiger partial charge < -0.3 is 4.98 Å². The second-order valence-corrected chi connectivity index (χ2v) is 27.9. The van der Waals surface area contributed by atoms with Crippen molar-refractivity contribution in [3.05, 3.63) is 144 Å². The molecule has 57 heavy (non-hydrogen) atoms. The third-order valence-electron chi connectivity index (χ3n) is 10.0. The zero-order valence-corrected chi connectivity index (χ0v) is 39.1. The Balaban J connectivity index is 0.000000230. The van der Waals surface area contributed by atoms with Crippen molar-refractivity contribution in [3.8, 4) is 28.3 Å². The Morgan fingerprint density at radius 2 is 1.54 bits per heavy atom. The van der Waals surface area contributed by atoms with Crippen LogP contribution in [-0.2, 0) is 26.5 Å². The van der Waals surface area contributed by atoms with E-state index in [0.717, 1.165) is 44.4 Å². The molecule has 0 spiro atoms. The third-order valence-corrected chi connectivity index (χ3v) is 14.3. The molecular weight excluding hydrogens is 935 g/mol. The second-order valence-electron chi connectivity index (χ2n) is 17.3. The molecule has 8 rings (SSSR count). The zero-order chi connectivity index (χ0) is 44.2. The summed E-state index contributed by atoms with van der Waals surface area (Å²) < 4.78 is 50.5. The molecule has 0 fully saturated rings. The summed E-state index contributed by atoms with van der Waals surface area (Å²) in [5, 5.41) is 2.26. The van der Waals surface area contributed by atoms with Gasteiger partial charge >= 0.3 is 228 Å². The van der Waals surface area contributed by atoms with Gasteiger partial charge in [0.2, 0.25) is 0 Å². The molecule has 0 atom stereocenters. The largest absolute Gasteiger partial charge is 0.304 e. The summed E-state index contributed by atoms with van der Waals surface area (Å²) in [5.41, 5.74) is 9.22. The molecule has 0 aliphatic carbocycles. The Labute approximate surface area is 362 Å². The van der Waals surface area contributed by atoms with Crippen LogP contribution in [0, 0.1) is 24.4 Å². The summed E-state index contributed by atoms with van der Waals surface area (Å²) >= 11 is -2.00. The number of rotatable bonds is 7. The summed E-state index contributed by atoms with van der Waals surface area (Å²) in [5.74, 6) is 8.87. The van der Waals surface area contributed by atoms with E-state index in [4.69, 9.17) is 16.3 Å². The molecule has 4 nitrogen and oxygen atoms in total. The first-order valence-electron chi connectivity index (χ1n) is 22.1. The molecule has 5 aromatic carbocycles. The van der Waals surface area contributed by atoms with Crippen LogP contribution in [-0.4, -0.2) is 27.8 Å². The molecule has 6 heteroatoms. The predicted molar refractivity (Wildman–Crippen MR) is 240 cm³/mol. The monoisotopic (exact) mass is 997 g/mol. The molecule has 0 unspecified atom stereocenters. The Morgan fingerprint density at radius 3 is 2.19 bits per heavy atom. The Morgan fingerprint density at radius 1 is 0.825 bits per heavy atom. The molecule has 0 N–H and O–H groups in total. The first kappa shape index (κ1) is 35.8. The summed E-state index contributed by atoms with van der Waals surface area (Å²) in [6.07, 6.45) is -0.550. The number of furan rings is 1. The summed E-state index contributed by atoms with van der Waals surface area (Å²) in [7, 11) is 0. The number of hydrogen-bond donors (Lipinski definition) is 0. The number of nitrogens with zero attached hydrogens (tertiary/aromatic N) is 3. The smallest absolute Gasteiger partial charge is 0.0321 e. The third kappa shape index (κ3) is 8.92. The minimum absolute atomic E-state index is 0. The number of aryl methyl sites for hydroxylation is 1. The molecule has 0 saturated heterocycles. The van der Waals surface area contributed by atoms with Gasteiger partial charge in [-0.1, -0.05) is 32.4 Å². The number of para-hydroxylation sites is 3. The minimum atomic E-state index is -2.42. The van der Waals surface area contributed by atoms with Crippen molar-refractivity contribution >= 4 is 50.6 Å². The molecule has 1 radical (unpaired) electrons. The van der Waals surface area contributed by atoms with Crippen LogP contribution < -0.4 is 4.40 Å². The van der Waals surface area contributed by atoms with Gasteiger partial charge in [-0.15, -0.1) is 35.9 Å². The fourth-order valence-corrected chi connectivity index (χ4v) is 9.63. The van der Waals surface area contributed by atoms with E-state index in [-0.39, 0.29) is 31.2 Å². The average Bonchev–Trinajstić information content (AvgIpc) is 3.78. The van der Waals surface area contributed by atoms with E-state index in [2.05, 4.69) is 133 Å². The molecule has 3 heterocycles. The van der Waals surface area contributed by atoms with Crippen LogP contribution >= 0.6 is 0 Å².